The molecule has 2 saturated carbocycles. The van der Waals surface area contributed by atoms with E-state index < -0.39 is 0 Å². The Hall–Kier alpha value is -1.88. The molecular formula is C26H43N5. The van der Waals surface area contributed by atoms with Gasteiger partial charge in [-0.1, -0.05) is 26.8 Å². The average Bonchev–Trinajstić information content (AvgIpc) is 3.44. The molecule has 4 aliphatic rings. The molecule has 2 atom stereocenters. The molecule has 2 heterocycles. The fourth-order valence-electron chi connectivity index (χ4n) is 5.12. The topological polar surface area (TPSA) is 52.0 Å². The Bertz CT molecular complexity index is 750. The normalized spacial score (nSPS) is 29.0. The Kier molecular flexibility index (Phi) is 8.15. The van der Waals surface area contributed by atoms with Gasteiger partial charge in [0.15, 0.2) is 0 Å². The Labute approximate surface area is 189 Å². The fourth-order valence-corrected chi connectivity index (χ4v) is 5.12. The van der Waals surface area contributed by atoms with Crippen molar-refractivity contribution < 1.29 is 0 Å². The summed E-state index contributed by atoms with van der Waals surface area (Å²) in [6.07, 6.45) is 16.8. The second-order valence-corrected chi connectivity index (χ2v) is 9.82. The lowest BCUT2D eigenvalue weighted by molar-refractivity contribution is 0.183. The highest BCUT2D eigenvalue weighted by Crippen LogP contribution is 2.52. The van der Waals surface area contributed by atoms with Gasteiger partial charge in [-0.15, -0.1) is 0 Å². The maximum Gasteiger partial charge on any atom is 0.133 e. The Balaban J connectivity index is 1.70. The molecule has 31 heavy (non-hydrogen) atoms. The van der Waals surface area contributed by atoms with Crippen LogP contribution in [-0.4, -0.2) is 43.1 Å². The van der Waals surface area contributed by atoms with Crippen LogP contribution in [0.15, 0.2) is 45.9 Å². The number of fused-ring (bicyclic) bond motifs is 1. The van der Waals surface area contributed by atoms with Gasteiger partial charge in [0.2, 0.25) is 0 Å². The van der Waals surface area contributed by atoms with Crippen LogP contribution in [0.3, 0.4) is 0 Å². The van der Waals surface area contributed by atoms with Gasteiger partial charge < -0.3 is 15.5 Å². The van der Waals surface area contributed by atoms with Crippen LogP contribution < -0.4 is 10.6 Å². The fraction of sp³-hybridized carbons (Fsp3) is 0.692. The SMILES string of the molecule is C\C=C/C(=N/C(=C/CC)N1CC2(CNC)CC1C2)N/C(=C/C)N=CC(C)C(C)C1CC1. The molecule has 0 radical (unpaired) electrons. The van der Waals surface area contributed by atoms with Crippen LogP contribution in [0.4, 0.5) is 0 Å². The van der Waals surface area contributed by atoms with E-state index in [0.717, 1.165) is 42.9 Å². The second kappa shape index (κ2) is 10.6. The van der Waals surface area contributed by atoms with E-state index in [4.69, 9.17) is 9.98 Å². The molecule has 0 amide bonds. The number of rotatable bonds is 11. The van der Waals surface area contributed by atoms with Gasteiger partial charge in [-0.05, 0) is 89.0 Å². The van der Waals surface area contributed by atoms with Gasteiger partial charge in [-0.3, -0.25) is 0 Å². The van der Waals surface area contributed by atoms with Gasteiger partial charge in [0.1, 0.15) is 17.5 Å². The van der Waals surface area contributed by atoms with E-state index >= 15 is 0 Å². The van der Waals surface area contributed by atoms with Crippen molar-refractivity contribution >= 4 is 12.1 Å². The average molecular weight is 426 g/mol. The number of nitrogens with one attached hydrogen (secondary N) is 2. The maximum absolute atomic E-state index is 5.06. The summed E-state index contributed by atoms with van der Waals surface area (Å²) in [4.78, 5) is 12.4. The standard InChI is InChI=1S/C26H43N5/c1-7-10-24(29-23(9-3)28-16-19(4)20(5)21-12-13-21)30-25(11-8-2)31-18-26(17-27-6)14-22(31)15-26/h7,9-11,16,19-22,27H,8,12-15,17-18H2,1-6H3,(H,29,30)/b10-7-,23-9+,25-11-,28-16?. The number of nitrogens with zero attached hydrogens (tertiary/aromatic N) is 3. The molecule has 2 unspecified atom stereocenters. The molecular weight excluding hydrogens is 382 g/mol. The first kappa shape index (κ1) is 23.8. The van der Waals surface area contributed by atoms with Crippen LogP contribution in [0, 0.1) is 23.2 Å². The lowest BCUT2D eigenvalue weighted by Crippen LogP contribution is -2.41. The summed E-state index contributed by atoms with van der Waals surface area (Å²) >= 11 is 0. The first-order chi connectivity index (χ1) is 14.9. The number of aliphatic imine (C=N–C) groups is 2. The summed E-state index contributed by atoms with van der Waals surface area (Å²) in [6.45, 7) is 13.1. The van der Waals surface area contributed by atoms with Crippen LogP contribution >= 0.6 is 0 Å². The minimum Gasteiger partial charge on any atom is -0.353 e. The van der Waals surface area contributed by atoms with Gasteiger partial charge in [-0.25, -0.2) is 9.98 Å². The lowest BCUT2D eigenvalue weighted by atomic mass is 9.70. The summed E-state index contributed by atoms with van der Waals surface area (Å²) in [5.74, 6) is 4.89. The highest BCUT2D eigenvalue weighted by Gasteiger charge is 2.55. The number of hydrogen-bond donors (Lipinski definition) is 2. The summed E-state index contributed by atoms with van der Waals surface area (Å²) in [6, 6.07) is 0.630. The zero-order chi connectivity index (χ0) is 22.4. The first-order valence-corrected chi connectivity index (χ1v) is 12.3. The van der Waals surface area contributed by atoms with Crippen LogP contribution in [0.2, 0.25) is 0 Å². The Morgan fingerprint density at radius 2 is 1.97 bits per heavy atom. The highest BCUT2D eigenvalue weighted by molar-refractivity contribution is 5.94. The van der Waals surface area contributed by atoms with Crippen molar-refractivity contribution in [1.82, 2.24) is 15.5 Å². The first-order valence-electron chi connectivity index (χ1n) is 12.3. The molecule has 4 rings (SSSR count). The molecule has 2 N–H and O–H groups in total. The third-order valence-corrected chi connectivity index (χ3v) is 7.25. The van der Waals surface area contributed by atoms with Gasteiger partial charge in [-0.2, -0.15) is 0 Å². The summed E-state index contributed by atoms with van der Waals surface area (Å²) < 4.78 is 0. The molecule has 2 aliphatic heterocycles. The van der Waals surface area contributed by atoms with Crippen molar-refractivity contribution in [1.29, 1.82) is 0 Å². The predicted octanol–water partition coefficient (Wildman–Crippen LogP) is 5.10. The number of amidine groups is 1. The molecule has 0 aromatic carbocycles. The summed E-state index contributed by atoms with van der Waals surface area (Å²) in [5.41, 5.74) is 0.434. The Morgan fingerprint density at radius 1 is 1.23 bits per heavy atom. The van der Waals surface area contributed by atoms with Crippen molar-refractivity contribution in [3.05, 3.63) is 35.9 Å². The van der Waals surface area contributed by atoms with Crippen molar-refractivity contribution in [2.75, 3.05) is 20.1 Å². The molecule has 2 saturated heterocycles. The third kappa shape index (κ3) is 5.88. The quantitative estimate of drug-likeness (QED) is 0.358. The third-order valence-electron chi connectivity index (χ3n) is 7.25. The van der Waals surface area contributed by atoms with E-state index in [2.05, 4.69) is 55.6 Å². The molecule has 5 heteroatoms. The smallest absolute Gasteiger partial charge is 0.133 e. The van der Waals surface area contributed by atoms with Crippen LogP contribution in [0.5, 0.6) is 0 Å². The monoisotopic (exact) mass is 425 g/mol. The zero-order valence-corrected chi connectivity index (χ0v) is 20.5. The van der Waals surface area contributed by atoms with Crippen molar-refractivity contribution in [3.8, 4) is 0 Å². The van der Waals surface area contributed by atoms with E-state index in [1.54, 1.807) is 0 Å². The molecule has 2 aliphatic carbocycles. The minimum atomic E-state index is 0.434. The van der Waals surface area contributed by atoms with E-state index in [9.17, 15) is 0 Å². The maximum atomic E-state index is 5.06. The van der Waals surface area contributed by atoms with E-state index in [1.807, 2.05) is 32.1 Å². The molecule has 0 aromatic heterocycles. The largest absolute Gasteiger partial charge is 0.353 e. The van der Waals surface area contributed by atoms with Gasteiger partial charge >= 0.3 is 0 Å². The van der Waals surface area contributed by atoms with Crippen LogP contribution in [0.25, 0.3) is 0 Å². The number of hydrogen-bond acceptors (Lipinski definition) is 4. The zero-order valence-electron chi connectivity index (χ0n) is 20.5. The Morgan fingerprint density at radius 3 is 2.55 bits per heavy atom. The van der Waals surface area contributed by atoms with Gasteiger partial charge in [0.05, 0.1) is 0 Å². The minimum absolute atomic E-state index is 0.434. The van der Waals surface area contributed by atoms with Gasteiger partial charge in [0, 0.05) is 30.8 Å². The second-order valence-electron chi connectivity index (χ2n) is 9.82. The van der Waals surface area contributed by atoms with Crippen molar-refractivity contribution in [2.45, 2.75) is 72.8 Å². The molecule has 172 valence electrons. The van der Waals surface area contributed by atoms with E-state index in [1.165, 1.54) is 25.7 Å². The lowest BCUT2D eigenvalue weighted by Gasteiger charge is -2.36. The number of allylic oxidation sites excluding steroid dienone is 3. The summed E-state index contributed by atoms with van der Waals surface area (Å²) in [5, 5.41) is 6.85. The van der Waals surface area contributed by atoms with E-state index in [0.29, 0.717) is 23.3 Å². The van der Waals surface area contributed by atoms with Gasteiger partial charge in [0.25, 0.3) is 0 Å². The molecule has 0 spiro atoms. The van der Waals surface area contributed by atoms with E-state index in [-0.39, 0.29) is 0 Å². The molecule has 0 aromatic rings. The van der Waals surface area contributed by atoms with Crippen molar-refractivity contribution in [2.24, 2.45) is 33.2 Å². The molecule has 2 bridgehead atoms. The molecule has 5 nitrogen and oxygen atoms in total. The molecule has 4 fully saturated rings. The van der Waals surface area contributed by atoms with Crippen LogP contribution in [0.1, 0.15) is 66.7 Å². The highest BCUT2D eigenvalue weighted by atomic mass is 15.3. The predicted molar refractivity (Wildman–Crippen MR) is 133 cm³/mol. The summed E-state index contributed by atoms with van der Waals surface area (Å²) in [7, 11) is 2.06. The van der Waals surface area contributed by atoms with Crippen LogP contribution in [-0.2, 0) is 0 Å². The van der Waals surface area contributed by atoms with Crippen molar-refractivity contribution in [3.63, 3.8) is 0 Å².